The van der Waals surface area contributed by atoms with Crippen LogP contribution in [0.5, 0.6) is 0 Å². The van der Waals surface area contributed by atoms with E-state index in [-0.39, 0.29) is 30.7 Å². The van der Waals surface area contributed by atoms with Gasteiger partial charge >= 0.3 is 6.18 Å². The van der Waals surface area contributed by atoms with Crippen molar-refractivity contribution in [3.8, 4) is 6.07 Å². The van der Waals surface area contributed by atoms with E-state index < -0.39 is 44.1 Å². The summed E-state index contributed by atoms with van der Waals surface area (Å²) >= 11 is 0. The van der Waals surface area contributed by atoms with Gasteiger partial charge in [0.2, 0.25) is 10.0 Å². The molecule has 1 aromatic rings. The molecule has 0 radical (unpaired) electrons. The molecule has 0 amide bonds. The van der Waals surface area contributed by atoms with Gasteiger partial charge in [-0.3, -0.25) is 4.31 Å². The van der Waals surface area contributed by atoms with Crippen molar-refractivity contribution < 1.29 is 31.4 Å². The zero-order chi connectivity index (χ0) is 20.5. The van der Waals surface area contributed by atoms with Crippen molar-refractivity contribution in [2.75, 3.05) is 24.6 Å². The van der Waals surface area contributed by atoms with Gasteiger partial charge < -0.3 is 9.84 Å². The Balaban J connectivity index is 1.83. The van der Waals surface area contributed by atoms with Gasteiger partial charge in [-0.15, -0.1) is 0 Å². The summed E-state index contributed by atoms with van der Waals surface area (Å²) in [5.74, 6) is -0.940. The topological polar surface area (TPSA) is 90.6 Å². The smallest absolute Gasteiger partial charge is 0.393 e. The molecule has 28 heavy (non-hydrogen) atoms. The fourth-order valence-corrected chi connectivity index (χ4v) is 8.18. The number of nitrogens with zero attached hydrogens (tertiary/aromatic N) is 2. The van der Waals surface area contributed by atoms with Crippen LogP contribution < -0.4 is 4.31 Å². The average Bonchev–Trinajstić information content (AvgIpc) is 3.21. The van der Waals surface area contributed by atoms with E-state index in [1.807, 2.05) is 0 Å². The summed E-state index contributed by atoms with van der Waals surface area (Å²) in [6.07, 6.45) is -4.47. The van der Waals surface area contributed by atoms with Gasteiger partial charge in [0.1, 0.15) is 4.75 Å². The first-order valence-electron chi connectivity index (χ1n) is 8.88. The molecular formula is C18H19F3N2O4S. The third-order valence-electron chi connectivity index (χ3n) is 6.63. The molecule has 2 saturated carbocycles. The van der Waals surface area contributed by atoms with Crippen LogP contribution in [-0.4, -0.2) is 44.6 Å². The van der Waals surface area contributed by atoms with Gasteiger partial charge in [-0.05, 0) is 42.9 Å². The molecule has 2 bridgehead atoms. The van der Waals surface area contributed by atoms with Gasteiger partial charge in [-0.1, -0.05) is 0 Å². The first-order chi connectivity index (χ1) is 13.1. The number of ether oxygens (including phenoxy) is 1. The van der Waals surface area contributed by atoms with Crippen LogP contribution >= 0.6 is 0 Å². The second kappa shape index (κ2) is 6.08. The molecule has 1 aliphatic heterocycles. The third-order valence-corrected chi connectivity index (χ3v) is 9.29. The summed E-state index contributed by atoms with van der Waals surface area (Å²) in [6, 6.07) is 4.44. The van der Waals surface area contributed by atoms with E-state index in [4.69, 9.17) is 10.00 Å². The first-order valence-corrected chi connectivity index (χ1v) is 10.3. The molecule has 3 aliphatic rings. The molecule has 0 spiro atoms. The normalized spacial score (nSPS) is 35.8. The average molecular weight is 416 g/mol. The minimum atomic E-state index is -4.78. The Morgan fingerprint density at radius 2 is 2.11 bits per heavy atom. The van der Waals surface area contributed by atoms with Crippen molar-refractivity contribution in [3.63, 3.8) is 0 Å². The highest BCUT2D eigenvalue weighted by Crippen LogP contribution is 2.62. The standard InChI is InChI=1S/C18H19F3N2O4S/c1-27-9-17-11-4-13(16(24)5-11)15(17)8-23(28(17,25)26)12-3-2-10(7-22)14(6-12)18(19,20)21/h2-3,6,11,13,15-16,24H,4-5,8-9H2,1H3/t11-,13+,15+,16-,17-/m1/s1. The molecule has 4 rings (SSSR count). The number of benzene rings is 1. The largest absolute Gasteiger partial charge is 0.417 e. The Bertz CT molecular complexity index is 959. The second-order valence-electron chi connectivity index (χ2n) is 7.77. The fraction of sp³-hybridized carbons (Fsp3) is 0.611. The Morgan fingerprint density at radius 1 is 1.39 bits per heavy atom. The number of methoxy groups -OCH3 is 1. The van der Waals surface area contributed by atoms with Crippen LogP contribution in [-0.2, 0) is 20.9 Å². The number of hydrogen-bond donors (Lipinski definition) is 1. The summed E-state index contributed by atoms with van der Waals surface area (Å²) in [5, 5.41) is 19.2. The molecule has 10 heteroatoms. The predicted molar refractivity (Wildman–Crippen MR) is 92.7 cm³/mol. The van der Waals surface area contributed by atoms with Crippen LogP contribution in [0.15, 0.2) is 18.2 Å². The zero-order valence-electron chi connectivity index (χ0n) is 15.0. The zero-order valence-corrected chi connectivity index (χ0v) is 15.8. The Hall–Kier alpha value is -1.83. The Kier molecular flexibility index (Phi) is 4.23. The number of hydrogen-bond acceptors (Lipinski definition) is 5. The lowest BCUT2D eigenvalue weighted by Gasteiger charge is -2.37. The number of anilines is 1. The van der Waals surface area contributed by atoms with Gasteiger partial charge in [-0.2, -0.15) is 18.4 Å². The molecular weight excluding hydrogens is 397 g/mol. The minimum absolute atomic E-state index is 0.00683. The van der Waals surface area contributed by atoms with E-state index in [0.29, 0.717) is 12.8 Å². The third kappa shape index (κ3) is 2.36. The van der Waals surface area contributed by atoms with Crippen molar-refractivity contribution in [1.29, 1.82) is 5.26 Å². The van der Waals surface area contributed by atoms with Gasteiger partial charge in [0, 0.05) is 19.6 Å². The molecule has 152 valence electrons. The van der Waals surface area contributed by atoms with E-state index in [1.165, 1.54) is 19.2 Å². The number of aliphatic hydroxyl groups is 1. The molecule has 2 aliphatic carbocycles. The van der Waals surface area contributed by atoms with E-state index in [0.717, 1.165) is 16.4 Å². The molecule has 0 unspecified atom stereocenters. The number of alkyl halides is 3. The predicted octanol–water partition coefficient (Wildman–Crippen LogP) is 2.13. The van der Waals surface area contributed by atoms with Gasteiger partial charge in [-0.25, -0.2) is 8.42 Å². The molecule has 3 fully saturated rings. The summed E-state index contributed by atoms with van der Waals surface area (Å²) in [7, 11) is -2.63. The highest BCUT2D eigenvalue weighted by atomic mass is 32.2. The molecule has 1 N–H and O–H groups in total. The molecule has 0 aromatic heterocycles. The highest BCUT2D eigenvalue weighted by molar-refractivity contribution is 7.94. The van der Waals surface area contributed by atoms with Gasteiger partial charge in [0.25, 0.3) is 0 Å². The van der Waals surface area contributed by atoms with Crippen molar-refractivity contribution in [2.24, 2.45) is 17.8 Å². The van der Waals surface area contributed by atoms with Crippen LogP contribution in [0.2, 0.25) is 0 Å². The highest BCUT2D eigenvalue weighted by Gasteiger charge is 2.72. The van der Waals surface area contributed by atoms with Crippen LogP contribution in [0.3, 0.4) is 0 Å². The SMILES string of the molecule is COC[C@@]12[C@@H]3C[C@H]([C@H](O)C3)[C@@H]1CN(c1ccc(C#N)c(C(F)(F)F)c1)S2(=O)=O. The maximum absolute atomic E-state index is 13.5. The van der Waals surface area contributed by atoms with Gasteiger partial charge in [0.05, 0.1) is 35.6 Å². The number of aliphatic hydroxyl groups excluding tert-OH is 1. The Morgan fingerprint density at radius 3 is 2.71 bits per heavy atom. The summed E-state index contributed by atoms with van der Waals surface area (Å²) < 4.78 is 72.0. The molecule has 1 heterocycles. The van der Waals surface area contributed by atoms with Crippen molar-refractivity contribution in [1.82, 2.24) is 0 Å². The van der Waals surface area contributed by atoms with E-state index in [1.54, 1.807) is 0 Å². The number of rotatable bonds is 3. The molecule has 1 aromatic carbocycles. The number of nitriles is 1. The van der Waals surface area contributed by atoms with Crippen LogP contribution in [0.25, 0.3) is 0 Å². The Labute approximate surface area is 160 Å². The summed E-state index contributed by atoms with van der Waals surface area (Å²) in [6.45, 7) is -0.0695. The maximum Gasteiger partial charge on any atom is 0.417 e. The lowest BCUT2D eigenvalue weighted by Crippen LogP contribution is -2.53. The molecule has 1 saturated heterocycles. The summed E-state index contributed by atoms with van der Waals surface area (Å²) in [4.78, 5) is 0. The minimum Gasteiger partial charge on any atom is -0.393 e. The van der Waals surface area contributed by atoms with Crippen LogP contribution in [0.1, 0.15) is 24.0 Å². The number of fused-ring (bicyclic) bond motifs is 5. The van der Waals surface area contributed by atoms with E-state index in [9.17, 15) is 26.7 Å². The van der Waals surface area contributed by atoms with E-state index in [2.05, 4.69) is 0 Å². The van der Waals surface area contributed by atoms with Crippen molar-refractivity contribution in [2.45, 2.75) is 29.9 Å². The van der Waals surface area contributed by atoms with Crippen LogP contribution in [0, 0.1) is 29.1 Å². The second-order valence-corrected chi connectivity index (χ2v) is 9.92. The molecule has 6 nitrogen and oxygen atoms in total. The number of halogens is 3. The van der Waals surface area contributed by atoms with Crippen molar-refractivity contribution >= 4 is 15.7 Å². The van der Waals surface area contributed by atoms with Crippen LogP contribution in [0.4, 0.5) is 18.9 Å². The lowest BCUT2D eigenvalue weighted by atomic mass is 9.77. The lowest BCUT2D eigenvalue weighted by molar-refractivity contribution is -0.137. The number of sulfonamides is 1. The molecule has 5 atom stereocenters. The maximum atomic E-state index is 13.5. The first kappa shape index (κ1) is 19.5. The van der Waals surface area contributed by atoms with Gasteiger partial charge in [0.15, 0.2) is 0 Å². The van der Waals surface area contributed by atoms with Crippen molar-refractivity contribution in [3.05, 3.63) is 29.3 Å². The quantitative estimate of drug-likeness (QED) is 0.815. The fourth-order valence-electron chi connectivity index (χ4n) is 5.51. The monoisotopic (exact) mass is 416 g/mol. The van der Waals surface area contributed by atoms with E-state index >= 15 is 0 Å². The summed E-state index contributed by atoms with van der Waals surface area (Å²) in [5.41, 5.74) is -1.84.